The summed E-state index contributed by atoms with van der Waals surface area (Å²) in [5, 5.41) is 9.59. The van der Waals surface area contributed by atoms with Crippen molar-refractivity contribution in [1.29, 1.82) is 0 Å². The van der Waals surface area contributed by atoms with Crippen molar-refractivity contribution in [2.45, 2.75) is 42.2 Å². The van der Waals surface area contributed by atoms with Crippen LogP contribution in [0.15, 0.2) is 29.2 Å². The molecule has 0 heterocycles. The predicted octanol–water partition coefficient (Wildman–Crippen LogP) is 2.50. The molecule has 2 rings (SSSR count). The number of methoxy groups -OCH3 is 1. The summed E-state index contributed by atoms with van der Waals surface area (Å²) in [5.41, 5.74) is 0. The highest BCUT2D eigenvalue weighted by atomic mass is 32.2. The summed E-state index contributed by atoms with van der Waals surface area (Å²) in [6.07, 6.45) is 1.52. The van der Waals surface area contributed by atoms with Gasteiger partial charge in [-0.2, -0.15) is 0 Å². The first-order valence-corrected chi connectivity index (χ1v) is 8.44. The summed E-state index contributed by atoms with van der Waals surface area (Å²) in [5.74, 6) is -0.490. The lowest BCUT2D eigenvalue weighted by molar-refractivity contribution is -0.141. The minimum absolute atomic E-state index is 0.0128. The lowest BCUT2D eigenvalue weighted by Gasteiger charge is -2.35. The molecule has 6 heteroatoms. The number of benzene rings is 1. The highest BCUT2D eigenvalue weighted by Gasteiger charge is 2.52. The summed E-state index contributed by atoms with van der Waals surface area (Å²) >= 11 is 0. The van der Waals surface area contributed by atoms with Crippen molar-refractivity contribution in [2.75, 3.05) is 7.11 Å². The number of ether oxygens (including phenoxy) is 1. The van der Waals surface area contributed by atoms with E-state index in [0.29, 0.717) is 24.5 Å². The van der Waals surface area contributed by atoms with E-state index in [1.807, 2.05) is 6.92 Å². The second kappa shape index (κ2) is 5.67. The van der Waals surface area contributed by atoms with Gasteiger partial charge in [0.1, 0.15) is 5.75 Å². The van der Waals surface area contributed by atoms with Crippen LogP contribution in [-0.2, 0) is 14.6 Å². The van der Waals surface area contributed by atoms with Crippen LogP contribution < -0.4 is 4.74 Å². The molecule has 5 nitrogen and oxygen atoms in total. The zero-order valence-corrected chi connectivity index (χ0v) is 13.0. The Morgan fingerprint density at radius 2 is 1.95 bits per heavy atom. The number of carboxylic acid groups (broad SMARTS) is 1. The third-order valence-corrected chi connectivity index (χ3v) is 6.82. The maximum atomic E-state index is 12.9. The number of sulfone groups is 1. The van der Waals surface area contributed by atoms with Crippen LogP contribution in [0.3, 0.4) is 0 Å². The van der Waals surface area contributed by atoms with Gasteiger partial charge in [0, 0.05) is 0 Å². The Hall–Kier alpha value is -1.56. The normalized spacial score (nSPS) is 26.3. The molecule has 1 aromatic carbocycles. The standard InChI is InChI=1S/C15H20O5S/c1-11-6-8-15(9-7-11,14(16)17)21(18,19)13-5-3-4-12(10-13)20-2/h3-5,10-11H,6-9H2,1-2H3,(H,16,17). The van der Waals surface area contributed by atoms with Gasteiger partial charge >= 0.3 is 5.97 Å². The van der Waals surface area contributed by atoms with Gasteiger partial charge in [0.25, 0.3) is 0 Å². The maximum Gasteiger partial charge on any atom is 0.325 e. The van der Waals surface area contributed by atoms with Gasteiger partial charge in [-0.05, 0) is 49.8 Å². The van der Waals surface area contributed by atoms with E-state index in [1.165, 1.54) is 19.2 Å². The van der Waals surface area contributed by atoms with Crippen LogP contribution in [0.5, 0.6) is 5.75 Å². The molecule has 116 valence electrons. The Kier molecular flexibility index (Phi) is 4.27. The monoisotopic (exact) mass is 312 g/mol. The minimum Gasteiger partial charge on any atom is -0.497 e. The molecule has 0 saturated heterocycles. The zero-order valence-electron chi connectivity index (χ0n) is 12.2. The maximum absolute atomic E-state index is 12.9. The summed E-state index contributed by atoms with van der Waals surface area (Å²) < 4.78 is 29.1. The van der Waals surface area contributed by atoms with Gasteiger partial charge in [-0.15, -0.1) is 0 Å². The Balaban J connectivity index is 2.50. The Bertz CT molecular complexity index is 627. The smallest absolute Gasteiger partial charge is 0.325 e. The fourth-order valence-corrected chi connectivity index (χ4v) is 4.80. The zero-order chi connectivity index (χ0) is 15.7. The molecule has 1 saturated carbocycles. The molecular weight excluding hydrogens is 292 g/mol. The second-order valence-electron chi connectivity index (χ2n) is 5.66. The highest BCUT2D eigenvalue weighted by Crippen LogP contribution is 2.41. The number of hydrogen-bond donors (Lipinski definition) is 1. The number of hydrogen-bond acceptors (Lipinski definition) is 4. The van der Waals surface area contributed by atoms with Crippen molar-refractivity contribution in [3.63, 3.8) is 0 Å². The molecule has 1 aliphatic rings. The van der Waals surface area contributed by atoms with Gasteiger partial charge in [-0.25, -0.2) is 8.42 Å². The van der Waals surface area contributed by atoms with Crippen LogP contribution in [0, 0.1) is 5.92 Å². The van der Waals surface area contributed by atoms with Gasteiger partial charge in [0.15, 0.2) is 14.6 Å². The topological polar surface area (TPSA) is 80.7 Å². The average Bonchev–Trinajstić information content (AvgIpc) is 2.47. The molecule has 1 aliphatic carbocycles. The van der Waals surface area contributed by atoms with Crippen molar-refractivity contribution in [2.24, 2.45) is 5.92 Å². The quantitative estimate of drug-likeness (QED) is 0.924. The number of carbonyl (C=O) groups is 1. The lowest BCUT2D eigenvalue weighted by atomic mass is 9.82. The molecule has 1 N–H and O–H groups in total. The minimum atomic E-state index is -3.96. The molecule has 0 amide bonds. The van der Waals surface area contributed by atoms with Crippen molar-refractivity contribution < 1.29 is 23.1 Å². The first-order chi connectivity index (χ1) is 9.83. The molecular formula is C15H20O5S. The Labute approximate surface area is 124 Å². The van der Waals surface area contributed by atoms with Crippen molar-refractivity contribution in [3.8, 4) is 5.75 Å². The number of carboxylic acids is 1. The van der Waals surface area contributed by atoms with Crippen molar-refractivity contribution in [1.82, 2.24) is 0 Å². The molecule has 0 unspecified atom stereocenters. The SMILES string of the molecule is COc1cccc(S(=O)(=O)C2(C(=O)O)CCC(C)CC2)c1. The van der Waals surface area contributed by atoms with Gasteiger partial charge in [-0.3, -0.25) is 4.79 Å². The summed E-state index contributed by atoms with van der Waals surface area (Å²) in [6, 6.07) is 6.01. The van der Waals surface area contributed by atoms with Crippen LogP contribution >= 0.6 is 0 Å². The second-order valence-corrected chi connectivity index (χ2v) is 7.92. The van der Waals surface area contributed by atoms with E-state index in [2.05, 4.69) is 0 Å². The molecule has 1 aromatic rings. The molecule has 0 aromatic heterocycles. The fourth-order valence-electron chi connectivity index (χ4n) is 2.82. The fraction of sp³-hybridized carbons (Fsp3) is 0.533. The van der Waals surface area contributed by atoms with Gasteiger partial charge in [-0.1, -0.05) is 13.0 Å². The van der Waals surface area contributed by atoms with E-state index in [4.69, 9.17) is 4.74 Å². The summed E-state index contributed by atoms with van der Waals surface area (Å²) in [6.45, 7) is 2.02. The largest absolute Gasteiger partial charge is 0.497 e. The third-order valence-electron chi connectivity index (χ3n) is 4.34. The van der Waals surface area contributed by atoms with Crippen LogP contribution in [0.4, 0.5) is 0 Å². The first kappa shape index (κ1) is 15.8. The Morgan fingerprint density at radius 1 is 1.33 bits per heavy atom. The third kappa shape index (κ3) is 2.64. The van der Waals surface area contributed by atoms with Crippen molar-refractivity contribution in [3.05, 3.63) is 24.3 Å². The van der Waals surface area contributed by atoms with Crippen LogP contribution in [-0.4, -0.2) is 31.4 Å². The molecule has 0 radical (unpaired) electrons. The molecule has 0 bridgehead atoms. The van der Waals surface area contributed by atoms with Gasteiger partial charge in [0.2, 0.25) is 0 Å². The van der Waals surface area contributed by atoms with E-state index >= 15 is 0 Å². The number of aliphatic carboxylic acids is 1. The molecule has 0 aliphatic heterocycles. The average molecular weight is 312 g/mol. The van der Waals surface area contributed by atoms with Crippen LogP contribution in [0.25, 0.3) is 0 Å². The lowest BCUT2D eigenvalue weighted by Crippen LogP contribution is -2.48. The molecule has 1 fully saturated rings. The first-order valence-electron chi connectivity index (χ1n) is 6.95. The summed E-state index contributed by atoms with van der Waals surface area (Å²) in [7, 11) is -2.51. The Morgan fingerprint density at radius 3 is 2.48 bits per heavy atom. The predicted molar refractivity (Wildman–Crippen MR) is 78.2 cm³/mol. The molecule has 0 spiro atoms. The van der Waals surface area contributed by atoms with Gasteiger partial charge in [0.05, 0.1) is 12.0 Å². The van der Waals surface area contributed by atoms with E-state index in [9.17, 15) is 18.3 Å². The molecule has 0 atom stereocenters. The number of rotatable bonds is 4. The summed E-state index contributed by atoms with van der Waals surface area (Å²) in [4.78, 5) is 11.8. The van der Waals surface area contributed by atoms with E-state index in [1.54, 1.807) is 12.1 Å². The van der Waals surface area contributed by atoms with Crippen LogP contribution in [0.1, 0.15) is 32.6 Å². The van der Waals surface area contributed by atoms with Gasteiger partial charge < -0.3 is 9.84 Å². The van der Waals surface area contributed by atoms with E-state index in [-0.39, 0.29) is 17.7 Å². The van der Waals surface area contributed by atoms with Crippen LogP contribution in [0.2, 0.25) is 0 Å². The highest BCUT2D eigenvalue weighted by molar-refractivity contribution is 7.93. The van der Waals surface area contributed by atoms with E-state index < -0.39 is 20.6 Å². The van der Waals surface area contributed by atoms with E-state index in [0.717, 1.165) is 0 Å². The molecule has 21 heavy (non-hydrogen) atoms. The van der Waals surface area contributed by atoms with Crippen molar-refractivity contribution >= 4 is 15.8 Å².